The van der Waals surface area contributed by atoms with E-state index in [0.717, 1.165) is 62.0 Å². The van der Waals surface area contributed by atoms with E-state index in [1.807, 2.05) is 11.0 Å². The van der Waals surface area contributed by atoms with Gasteiger partial charge < -0.3 is 15.1 Å². The molecule has 0 aromatic heterocycles. The Morgan fingerprint density at radius 2 is 2.10 bits per heavy atom. The molecule has 5 heteroatoms. The first-order chi connectivity index (χ1) is 10.1. The van der Waals surface area contributed by atoms with Crippen molar-refractivity contribution in [2.24, 2.45) is 0 Å². The summed E-state index contributed by atoms with van der Waals surface area (Å²) in [6.45, 7) is 8.92. The summed E-state index contributed by atoms with van der Waals surface area (Å²) in [7, 11) is 0. The van der Waals surface area contributed by atoms with Gasteiger partial charge in [-0.3, -0.25) is 4.79 Å². The van der Waals surface area contributed by atoms with Gasteiger partial charge in [-0.25, -0.2) is 0 Å². The van der Waals surface area contributed by atoms with Gasteiger partial charge in [0.25, 0.3) is 0 Å². The second kappa shape index (κ2) is 7.66. The highest BCUT2D eigenvalue weighted by atomic mass is 35.5. The molecule has 1 fully saturated rings. The van der Waals surface area contributed by atoms with Crippen molar-refractivity contribution >= 4 is 23.2 Å². The van der Waals surface area contributed by atoms with Crippen LogP contribution in [0, 0.1) is 0 Å². The minimum atomic E-state index is 0.163. The van der Waals surface area contributed by atoms with Crippen LogP contribution in [0.5, 0.6) is 0 Å². The van der Waals surface area contributed by atoms with Gasteiger partial charge in [0, 0.05) is 50.4 Å². The molecule has 1 aromatic rings. The summed E-state index contributed by atoms with van der Waals surface area (Å²) in [4.78, 5) is 15.7. The third kappa shape index (κ3) is 4.35. The molecule has 0 bridgehead atoms. The minimum Gasteiger partial charge on any atom is -0.370 e. The van der Waals surface area contributed by atoms with E-state index in [9.17, 15) is 4.79 Å². The highest BCUT2D eigenvalue weighted by Crippen LogP contribution is 2.24. The lowest BCUT2D eigenvalue weighted by molar-refractivity contribution is -0.128. The molecule has 1 heterocycles. The zero-order valence-electron chi connectivity index (χ0n) is 12.9. The van der Waals surface area contributed by atoms with Crippen LogP contribution in [0.3, 0.4) is 0 Å². The SMILES string of the molecule is CCNCc1ccc(N2CCCN(C(C)=O)CC2)cc1Cl. The Hall–Kier alpha value is -1.26. The van der Waals surface area contributed by atoms with Crippen LogP contribution in [0.4, 0.5) is 5.69 Å². The Labute approximate surface area is 132 Å². The van der Waals surface area contributed by atoms with Gasteiger partial charge in [-0.15, -0.1) is 0 Å². The average molecular weight is 310 g/mol. The fourth-order valence-electron chi connectivity index (χ4n) is 2.63. The smallest absolute Gasteiger partial charge is 0.219 e. The molecule has 1 aromatic carbocycles. The monoisotopic (exact) mass is 309 g/mol. The maximum atomic E-state index is 11.5. The molecule has 1 aliphatic rings. The van der Waals surface area contributed by atoms with Crippen LogP contribution in [0.2, 0.25) is 5.02 Å². The van der Waals surface area contributed by atoms with Crippen LogP contribution in [-0.4, -0.2) is 43.5 Å². The molecular formula is C16H24ClN3O. The average Bonchev–Trinajstić information content (AvgIpc) is 2.72. The third-order valence-corrected chi connectivity index (χ3v) is 4.26. The molecule has 0 saturated carbocycles. The first-order valence-electron chi connectivity index (χ1n) is 7.61. The molecule has 0 unspecified atom stereocenters. The molecule has 0 atom stereocenters. The maximum Gasteiger partial charge on any atom is 0.219 e. The van der Waals surface area contributed by atoms with Gasteiger partial charge in [0.05, 0.1) is 0 Å². The predicted molar refractivity (Wildman–Crippen MR) is 87.9 cm³/mol. The second-order valence-corrected chi connectivity index (χ2v) is 5.81. The van der Waals surface area contributed by atoms with Gasteiger partial charge in [0.1, 0.15) is 0 Å². The van der Waals surface area contributed by atoms with Crippen LogP contribution >= 0.6 is 11.6 Å². The Balaban J connectivity index is 2.04. The minimum absolute atomic E-state index is 0.163. The lowest BCUT2D eigenvalue weighted by Gasteiger charge is -2.24. The number of anilines is 1. The Bertz CT molecular complexity index is 492. The van der Waals surface area contributed by atoms with E-state index >= 15 is 0 Å². The molecule has 21 heavy (non-hydrogen) atoms. The lowest BCUT2D eigenvalue weighted by Crippen LogP contribution is -2.33. The summed E-state index contributed by atoms with van der Waals surface area (Å²) in [5.41, 5.74) is 2.27. The second-order valence-electron chi connectivity index (χ2n) is 5.40. The van der Waals surface area contributed by atoms with Crippen molar-refractivity contribution in [2.75, 3.05) is 37.6 Å². The van der Waals surface area contributed by atoms with E-state index in [1.54, 1.807) is 6.92 Å². The van der Waals surface area contributed by atoms with Crippen LogP contribution in [-0.2, 0) is 11.3 Å². The van der Waals surface area contributed by atoms with E-state index in [-0.39, 0.29) is 5.91 Å². The Kier molecular flexibility index (Phi) is 5.88. The van der Waals surface area contributed by atoms with Crippen molar-refractivity contribution in [3.05, 3.63) is 28.8 Å². The van der Waals surface area contributed by atoms with Crippen molar-refractivity contribution in [3.63, 3.8) is 0 Å². The summed E-state index contributed by atoms with van der Waals surface area (Å²) in [6.07, 6.45) is 0.996. The predicted octanol–water partition coefficient (Wildman–Crippen LogP) is 2.51. The van der Waals surface area contributed by atoms with E-state index in [1.165, 1.54) is 0 Å². The van der Waals surface area contributed by atoms with Crippen LogP contribution < -0.4 is 10.2 Å². The number of halogens is 1. The first kappa shape index (κ1) is 16.1. The molecule has 0 aliphatic carbocycles. The van der Waals surface area contributed by atoms with Crippen molar-refractivity contribution in [1.82, 2.24) is 10.2 Å². The molecule has 1 aliphatic heterocycles. The summed E-state index contributed by atoms with van der Waals surface area (Å²) in [5, 5.41) is 4.10. The summed E-state index contributed by atoms with van der Waals surface area (Å²) >= 11 is 6.37. The molecule has 1 N–H and O–H groups in total. The highest BCUT2D eigenvalue weighted by Gasteiger charge is 2.17. The van der Waals surface area contributed by atoms with Crippen molar-refractivity contribution in [3.8, 4) is 0 Å². The third-order valence-electron chi connectivity index (χ3n) is 3.91. The van der Waals surface area contributed by atoms with E-state index in [0.29, 0.717) is 0 Å². The van der Waals surface area contributed by atoms with Gasteiger partial charge in [0.15, 0.2) is 0 Å². The molecule has 116 valence electrons. The first-order valence-corrected chi connectivity index (χ1v) is 7.99. The van der Waals surface area contributed by atoms with Gasteiger partial charge in [-0.05, 0) is 30.7 Å². The lowest BCUT2D eigenvalue weighted by atomic mass is 10.2. The molecule has 4 nitrogen and oxygen atoms in total. The van der Waals surface area contributed by atoms with Crippen molar-refractivity contribution < 1.29 is 4.79 Å². The number of rotatable bonds is 4. The van der Waals surface area contributed by atoms with Crippen LogP contribution in [0.25, 0.3) is 0 Å². The van der Waals surface area contributed by atoms with E-state index in [2.05, 4.69) is 29.3 Å². The highest BCUT2D eigenvalue weighted by molar-refractivity contribution is 6.31. The maximum absolute atomic E-state index is 11.5. The van der Waals surface area contributed by atoms with E-state index < -0.39 is 0 Å². The zero-order valence-corrected chi connectivity index (χ0v) is 13.6. The number of benzene rings is 1. The summed E-state index contributed by atoms with van der Waals surface area (Å²) < 4.78 is 0. The Morgan fingerprint density at radius 3 is 2.76 bits per heavy atom. The fraction of sp³-hybridized carbons (Fsp3) is 0.562. The summed E-state index contributed by atoms with van der Waals surface area (Å²) in [5.74, 6) is 0.163. The van der Waals surface area contributed by atoms with Crippen molar-refractivity contribution in [1.29, 1.82) is 0 Å². The van der Waals surface area contributed by atoms with Crippen LogP contribution in [0.1, 0.15) is 25.8 Å². The van der Waals surface area contributed by atoms with Crippen molar-refractivity contribution in [2.45, 2.75) is 26.8 Å². The van der Waals surface area contributed by atoms with Gasteiger partial charge in [-0.2, -0.15) is 0 Å². The topological polar surface area (TPSA) is 35.6 Å². The standard InChI is InChI=1S/C16H24ClN3O/c1-3-18-12-14-5-6-15(11-16(14)17)20-8-4-7-19(9-10-20)13(2)21/h5-6,11,18H,3-4,7-10,12H2,1-2H3. The fourth-order valence-corrected chi connectivity index (χ4v) is 2.87. The number of hydrogen-bond acceptors (Lipinski definition) is 3. The summed E-state index contributed by atoms with van der Waals surface area (Å²) in [6, 6.07) is 6.26. The number of carbonyl (C=O) groups is 1. The van der Waals surface area contributed by atoms with Gasteiger partial charge in [0.2, 0.25) is 5.91 Å². The number of hydrogen-bond donors (Lipinski definition) is 1. The van der Waals surface area contributed by atoms with Gasteiger partial charge in [-0.1, -0.05) is 24.6 Å². The molecule has 1 amide bonds. The molecule has 0 spiro atoms. The molecular weight excluding hydrogens is 286 g/mol. The molecule has 1 saturated heterocycles. The quantitative estimate of drug-likeness (QED) is 0.928. The Morgan fingerprint density at radius 1 is 1.29 bits per heavy atom. The number of nitrogens with one attached hydrogen (secondary N) is 1. The largest absolute Gasteiger partial charge is 0.370 e. The normalized spacial score (nSPS) is 16.0. The number of amides is 1. The zero-order chi connectivity index (χ0) is 15.2. The van der Waals surface area contributed by atoms with Crippen LogP contribution in [0.15, 0.2) is 18.2 Å². The van der Waals surface area contributed by atoms with E-state index in [4.69, 9.17) is 11.6 Å². The number of carbonyl (C=O) groups excluding carboxylic acids is 1. The molecule has 2 rings (SSSR count). The van der Waals surface area contributed by atoms with Gasteiger partial charge >= 0.3 is 0 Å². The molecule has 0 radical (unpaired) electrons. The number of nitrogens with zero attached hydrogens (tertiary/aromatic N) is 2.